The van der Waals surface area contributed by atoms with Crippen LogP contribution in [0.5, 0.6) is 0 Å². The molecule has 2 aromatic heterocycles. The molecule has 2 heterocycles. The number of anilines is 1. The fraction of sp³-hybridized carbons (Fsp3) is 0.294. The van der Waals surface area contributed by atoms with Gasteiger partial charge in [-0.25, -0.2) is 4.68 Å². The average molecular weight is 435 g/mol. The predicted molar refractivity (Wildman–Crippen MR) is 105 cm³/mol. The summed E-state index contributed by atoms with van der Waals surface area (Å²) in [5.74, 6) is 0.823. The van der Waals surface area contributed by atoms with E-state index < -0.39 is 0 Å². The van der Waals surface area contributed by atoms with Gasteiger partial charge in [0.15, 0.2) is 5.16 Å². The zero-order valence-electron chi connectivity index (χ0n) is 14.5. The second-order valence-electron chi connectivity index (χ2n) is 5.95. The fourth-order valence-electron chi connectivity index (χ4n) is 2.33. The average Bonchev–Trinajstić information content (AvgIpc) is 3.25. The number of amides is 1. The lowest BCUT2D eigenvalue weighted by atomic mass is 10.2. The standard InChI is InChI=1S/C17H19BrN6OS/c1-12(2)23-11-19-22-17(23)26-10-16(25)21-15-7-8-20-24(15)9-13-3-5-14(18)6-4-13/h3-8,11-12H,9-10H2,1-2H3,(H,21,25). The molecule has 0 aliphatic rings. The second-order valence-corrected chi connectivity index (χ2v) is 7.81. The molecular formula is C17H19BrN6OS. The molecule has 0 saturated heterocycles. The first-order valence-electron chi connectivity index (χ1n) is 8.11. The van der Waals surface area contributed by atoms with Crippen molar-refractivity contribution in [2.75, 3.05) is 11.1 Å². The van der Waals surface area contributed by atoms with Gasteiger partial charge in [-0.1, -0.05) is 39.8 Å². The zero-order valence-corrected chi connectivity index (χ0v) is 16.9. The van der Waals surface area contributed by atoms with Crippen molar-refractivity contribution in [3.63, 3.8) is 0 Å². The molecule has 0 aliphatic heterocycles. The van der Waals surface area contributed by atoms with E-state index in [-0.39, 0.29) is 17.7 Å². The third-order valence-electron chi connectivity index (χ3n) is 3.66. The minimum absolute atomic E-state index is 0.106. The molecule has 0 radical (unpaired) electrons. The Morgan fingerprint density at radius 2 is 2.04 bits per heavy atom. The van der Waals surface area contributed by atoms with Crippen molar-refractivity contribution >= 4 is 39.4 Å². The summed E-state index contributed by atoms with van der Waals surface area (Å²) in [5, 5.41) is 15.9. The highest BCUT2D eigenvalue weighted by Crippen LogP contribution is 2.19. The van der Waals surface area contributed by atoms with Gasteiger partial charge in [0.2, 0.25) is 5.91 Å². The number of carbonyl (C=O) groups is 1. The van der Waals surface area contributed by atoms with Crippen molar-refractivity contribution in [1.29, 1.82) is 0 Å². The molecule has 136 valence electrons. The highest BCUT2D eigenvalue weighted by Gasteiger charge is 2.12. The van der Waals surface area contributed by atoms with Crippen LogP contribution in [0.25, 0.3) is 0 Å². The molecular weight excluding hydrogens is 416 g/mol. The van der Waals surface area contributed by atoms with Crippen molar-refractivity contribution in [2.24, 2.45) is 0 Å². The van der Waals surface area contributed by atoms with Gasteiger partial charge in [-0.15, -0.1) is 10.2 Å². The molecule has 3 rings (SSSR count). The summed E-state index contributed by atoms with van der Waals surface area (Å²) in [6.07, 6.45) is 3.36. The minimum Gasteiger partial charge on any atom is -0.310 e. The molecule has 0 fully saturated rings. The van der Waals surface area contributed by atoms with E-state index in [1.54, 1.807) is 23.3 Å². The highest BCUT2D eigenvalue weighted by atomic mass is 79.9. The molecule has 0 unspecified atom stereocenters. The first kappa shape index (κ1) is 18.7. The lowest BCUT2D eigenvalue weighted by Gasteiger charge is -2.10. The van der Waals surface area contributed by atoms with E-state index in [0.29, 0.717) is 12.4 Å². The molecule has 0 spiro atoms. The van der Waals surface area contributed by atoms with Gasteiger partial charge in [-0.05, 0) is 31.5 Å². The van der Waals surface area contributed by atoms with Gasteiger partial charge >= 0.3 is 0 Å². The van der Waals surface area contributed by atoms with Gasteiger partial charge in [0, 0.05) is 16.6 Å². The van der Waals surface area contributed by atoms with Crippen LogP contribution in [0.15, 0.2) is 52.5 Å². The summed E-state index contributed by atoms with van der Waals surface area (Å²) < 4.78 is 4.74. The van der Waals surface area contributed by atoms with E-state index in [1.807, 2.05) is 42.7 Å². The Labute approximate surface area is 164 Å². The van der Waals surface area contributed by atoms with E-state index in [4.69, 9.17) is 0 Å². The van der Waals surface area contributed by atoms with Gasteiger partial charge < -0.3 is 9.88 Å². The van der Waals surface area contributed by atoms with Crippen LogP contribution in [0.4, 0.5) is 5.82 Å². The van der Waals surface area contributed by atoms with Crippen molar-refractivity contribution in [3.8, 4) is 0 Å². The Kier molecular flexibility index (Phi) is 6.10. The Morgan fingerprint density at radius 1 is 1.27 bits per heavy atom. The molecule has 9 heteroatoms. The Hall–Kier alpha value is -2.13. The van der Waals surface area contributed by atoms with Crippen LogP contribution in [-0.2, 0) is 11.3 Å². The van der Waals surface area contributed by atoms with E-state index in [2.05, 4.69) is 36.5 Å². The third-order valence-corrected chi connectivity index (χ3v) is 5.14. The number of rotatable bonds is 7. The van der Waals surface area contributed by atoms with E-state index in [1.165, 1.54) is 11.8 Å². The van der Waals surface area contributed by atoms with Gasteiger partial charge in [0.05, 0.1) is 18.5 Å². The second kappa shape index (κ2) is 8.50. The summed E-state index contributed by atoms with van der Waals surface area (Å²) in [5.41, 5.74) is 1.10. The number of thioether (sulfide) groups is 1. The predicted octanol–water partition coefficient (Wildman–Crippen LogP) is 3.60. The number of nitrogens with one attached hydrogen (secondary N) is 1. The first-order chi connectivity index (χ1) is 12.5. The number of aromatic nitrogens is 5. The Bertz CT molecular complexity index is 874. The number of halogens is 1. The van der Waals surface area contributed by atoms with Crippen LogP contribution in [-0.4, -0.2) is 36.2 Å². The maximum Gasteiger partial charge on any atom is 0.235 e. The van der Waals surface area contributed by atoms with Gasteiger partial charge in [0.1, 0.15) is 12.1 Å². The van der Waals surface area contributed by atoms with Crippen molar-refractivity contribution in [1.82, 2.24) is 24.5 Å². The normalized spacial score (nSPS) is 11.1. The summed E-state index contributed by atoms with van der Waals surface area (Å²) >= 11 is 4.79. The molecule has 1 amide bonds. The van der Waals surface area contributed by atoms with E-state index >= 15 is 0 Å². The van der Waals surface area contributed by atoms with Gasteiger partial charge in [-0.3, -0.25) is 4.79 Å². The number of nitrogens with zero attached hydrogens (tertiary/aromatic N) is 5. The lowest BCUT2D eigenvalue weighted by Crippen LogP contribution is -2.18. The van der Waals surface area contributed by atoms with Crippen LogP contribution in [0, 0.1) is 0 Å². The number of hydrogen-bond donors (Lipinski definition) is 1. The number of hydrogen-bond acceptors (Lipinski definition) is 5. The lowest BCUT2D eigenvalue weighted by molar-refractivity contribution is -0.113. The molecule has 1 N–H and O–H groups in total. The third kappa shape index (κ3) is 4.73. The van der Waals surface area contributed by atoms with E-state index in [0.717, 1.165) is 15.2 Å². The van der Waals surface area contributed by atoms with Crippen LogP contribution in [0.1, 0.15) is 25.5 Å². The Balaban J connectivity index is 1.59. The van der Waals surface area contributed by atoms with Crippen LogP contribution in [0.2, 0.25) is 0 Å². The first-order valence-corrected chi connectivity index (χ1v) is 9.89. The van der Waals surface area contributed by atoms with Gasteiger partial charge in [-0.2, -0.15) is 5.10 Å². The van der Waals surface area contributed by atoms with E-state index in [9.17, 15) is 4.79 Å². The molecule has 0 bridgehead atoms. The smallest absolute Gasteiger partial charge is 0.235 e. The van der Waals surface area contributed by atoms with Crippen molar-refractivity contribution < 1.29 is 4.79 Å². The molecule has 1 aromatic carbocycles. The summed E-state index contributed by atoms with van der Waals surface area (Å²) in [6.45, 7) is 4.69. The van der Waals surface area contributed by atoms with Crippen molar-refractivity contribution in [3.05, 3.63) is 52.9 Å². The summed E-state index contributed by atoms with van der Waals surface area (Å²) in [4.78, 5) is 12.3. The quantitative estimate of drug-likeness (QED) is 0.574. The maximum atomic E-state index is 12.3. The fourth-order valence-corrected chi connectivity index (χ4v) is 3.43. The highest BCUT2D eigenvalue weighted by molar-refractivity contribution is 9.10. The minimum atomic E-state index is -0.106. The summed E-state index contributed by atoms with van der Waals surface area (Å²) in [7, 11) is 0. The largest absolute Gasteiger partial charge is 0.310 e. The molecule has 3 aromatic rings. The number of benzene rings is 1. The molecule has 7 nitrogen and oxygen atoms in total. The molecule has 0 atom stereocenters. The molecule has 0 saturated carbocycles. The topological polar surface area (TPSA) is 77.6 Å². The van der Waals surface area contributed by atoms with Crippen LogP contribution < -0.4 is 5.32 Å². The Morgan fingerprint density at radius 3 is 2.77 bits per heavy atom. The van der Waals surface area contributed by atoms with Crippen LogP contribution in [0.3, 0.4) is 0 Å². The maximum absolute atomic E-state index is 12.3. The zero-order chi connectivity index (χ0) is 18.5. The van der Waals surface area contributed by atoms with Crippen molar-refractivity contribution in [2.45, 2.75) is 31.6 Å². The monoisotopic (exact) mass is 434 g/mol. The summed E-state index contributed by atoms with van der Waals surface area (Å²) in [6, 6.07) is 10.1. The van der Waals surface area contributed by atoms with Gasteiger partial charge in [0.25, 0.3) is 0 Å². The van der Waals surface area contributed by atoms with Crippen LogP contribution >= 0.6 is 27.7 Å². The molecule has 0 aliphatic carbocycles. The SMILES string of the molecule is CC(C)n1cnnc1SCC(=O)Nc1ccnn1Cc1ccc(Br)cc1. The molecule has 26 heavy (non-hydrogen) atoms. The number of carbonyl (C=O) groups excluding carboxylic acids is 1.